The number of halogens is 1. The maximum absolute atomic E-state index is 14.8. The van der Waals surface area contributed by atoms with E-state index in [-0.39, 0.29) is 17.7 Å². The lowest BCUT2D eigenvalue weighted by molar-refractivity contribution is 0.167. The number of rotatable bonds is 3. The second-order valence-electron chi connectivity index (χ2n) is 7.62. The van der Waals surface area contributed by atoms with Crippen LogP contribution in [0, 0.1) is 5.92 Å². The Labute approximate surface area is 161 Å². The molecule has 4 atom stereocenters. The van der Waals surface area contributed by atoms with E-state index in [2.05, 4.69) is 32.1 Å². The molecule has 142 valence electrons. The largest absolute Gasteiger partial charge is 0.507 e. The van der Waals surface area contributed by atoms with Gasteiger partial charge in [-0.1, -0.05) is 6.58 Å². The van der Waals surface area contributed by atoms with Gasteiger partial charge >= 0.3 is 0 Å². The zero-order chi connectivity index (χ0) is 19.3. The summed E-state index contributed by atoms with van der Waals surface area (Å²) < 4.78 is 14.8. The standard InChI is InChI=1S/C21H20FN5O/c1-11(15-8-14-2-3-17(25-14)20(15)22)21-24-10-18(26-27-21)16-6-12-4-5-23-9-13(12)7-19(16)28/h4-7,9-10,14-15,17,20,25,28H,1-3,8H2/t14?,15-,17?,20-/m1/s1. The van der Waals surface area contributed by atoms with E-state index in [1.807, 2.05) is 12.1 Å². The zero-order valence-corrected chi connectivity index (χ0v) is 15.2. The van der Waals surface area contributed by atoms with Gasteiger partial charge in [-0.05, 0) is 48.4 Å². The molecule has 28 heavy (non-hydrogen) atoms. The van der Waals surface area contributed by atoms with Crippen LogP contribution in [0.4, 0.5) is 4.39 Å². The molecule has 2 saturated heterocycles. The first-order valence-corrected chi connectivity index (χ1v) is 9.46. The van der Waals surface area contributed by atoms with Crippen LogP contribution in [0.1, 0.15) is 25.1 Å². The van der Waals surface area contributed by atoms with Crippen molar-refractivity contribution in [3.05, 3.63) is 49.2 Å². The number of benzene rings is 1. The minimum absolute atomic E-state index is 0.0851. The molecular weight excluding hydrogens is 357 g/mol. The van der Waals surface area contributed by atoms with Gasteiger partial charge < -0.3 is 10.4 Å². The molecule has 0 saturated carbocycles. The Morgan fingerprint density at radius 2 is 2.07 bits per heavy atom. The van der Waals surface area contributed by atoms with Crippen LogP contribution in [0.25, 0.3) is 27.6 Å². The van der Waals surface area contributed by atoms with Crippen LogP contribution in [-0.2, 0) is 0 Å². The minimum atomic E-state index is -0.979. The SMILES string of the molecule is C=C(c1ncc(-c2cc3ccncc3cc2O)nn1)[C@H]1CC2CCC(N2)[C@@H]1F. The lowest BCUT2D eigenvalue weighted by Gasteiger charge is -2.33. The number of nitrogens with one attached hydrogen (secondary N) is 1. The predicted octanol–water partition coefficient (Wildman–Crippen LogP) is 3.28. The van der Waals surface area contributed by atoms with Gasteiger partial charge in [0.15, 0.2) is 5.82 Å². The molecule has 2 unspecified atom stereocenters. The topological polar surface area (TPSA) is 83.8 Å². The summed E-state index contributed by atoms with van der Waals surface area (Å²) in [7, 11) is 0. The molecule has 4 heterocycles. The Balaban J connectivity index is 1.43. The normalized spacial score (nSPS) is 26.5. The minimum Gasteiger partial charge on any atom is -0.507 e. The van der Waals surface area contributed by atoms with Gasteiger partial charge in [-0.25, -0.2) is 9.37 Å². The summed E-state index contributed by atoms with van der Waals surface area (Å²) in [6.07, 6.45) is 6.54. The van der Waals surface area contributed by atoms with Crippen LogP contribution in [0.5, 0.6) is 5.75 Å². The van der Waals surface area contributed by atoms with Gasteiger partial charge in [0.2, 0.25) is 0 Å². The molecule has 2 N–H and O–H groups in total. The van der Waals surface area contributed by atoms with Gasteiger partial charge in [0.25, 0.3) is 0 Å². The van der Waals surface area contributed by atoms with Crippen LogP contribution in [0.2, 0.25) is 0 Å². The molecule has 2 fully saturated rings. The summed E-state index contributed by atoms with van der Waals surface area (Å²) in [5.74, 6) is 0.164. The molecule has 3 aromatic rings. The summed E-state index contributed by atoms with van der Waals surface area (Å²) in [4.78, 5) is 8.43. The van der Waals surface area contributed by atoms with Crippen molar-refractivity contribution in [3.8, 4) is 17.0 Å². The number of pyridine rings is 1. The lowest BCUT2D eigenvalue weighted by Crippen LogP contribution is -2.47. The van der Waals surface area contributed by atoms with Gasteiger partial charge in [-0.3, -0.25) is 4.98 Å². The van der Waals surface area contributed by atoms with E-state index in [0.717, 1.165) is 23.6 Å². The quantitative estimate of drug-likeness (QED) is 0.729. The van der Waals surface area contributed by atoms with E-state index in [1.165, 1.54) is 0 Å². The molecule has 7 heteroatoms. The average Bonchev–Trinajstić information content (AvgIpc) is 3.13. The van der Waals surface area contributed by atoms with Gasteiger partial charge in [-0.2, -0.15) is 0 Å². The third-order valence-corrected chi connectivity index (χ3v) is 5.91. The highest BCUT2D eigenvalue weighted by Gasteiger charge is 2.43. The zero-order valence-electron chi connectivity index (χ0n) is 15.2. The first-order chi connectivity index (χ1) is 13.6. The summed E-state index contributed by atoms with van der Waals surface area (Å²) in [6.45, 7) is 4.07. The number of allylic oxidation sites excluding steroid dienone is 1. The number of piperidine rings is 1. The van der Waals surface area contributed by atoms with Crippen molar-refractivity contribution in [3.63, 3.8) is 0 Å². The third kappa shape index (κ3) is 2.82. The predicted molar refractivity (Wildman–Crippen MR) is 104 cm³/mol. The van der Waals surface area contributed by atoms with Gasteiger partial charge in [-0.15, -0.1) is 10.2 Å². The highest BCUT2D eigenvalue weighted by Crippen LogP contribution is 2.39. The number of aromatic nitrogens is 4. The molecule has 0 spiro atoms. The number of hydrogen-bond donors (Lipinski definition) is 2. The number of aromatic hydroxyl groups is 1. The van der Waals surface area contributed by atoms with E-state index in [9.17, 15) is 9.50 Å². The molecular formula is C21H20FN5O. The number of nitrogens with zero attached hydrogens (tertiary/aromatic N) is 4. The van der Waals surface area contributed by atoms with Crippen molar-refractivity contribution in [2.75, 3.05) is 0 Å². The van der Waals surface area contributed by atoms with E-state index < -0.39 is 6.17 Å². The molecule has 1 aromatic carbocycles. The number of alkyl halides is 1. The molecule has 2 aliphatic rings. The smallest absolute Gasteiger partial charge is 0.177 e. The number of phenols is 1. The van der Waals surface area contributed by atoms with Crippen molar-refractivity contribution in [1.82, 2.24) is 25.5 Å². The summed E-state index contributed by atoms with van der Waals surface area (Å²) >= 11 is 0. The van der Waals surface area contributed by atoms with E-state index in [1.54, 1.807) is 24.7 Å². The van der Waals surface area contributed by atoms with Crippen molar-refractivity contribution >= 4 is 16.3 Å². The van der Waals surface area contributed by atoms with Gasteiger partial charge in [0.1, 0.15) is 17.6 Å². The Morgan fingerprint density at radius 3 is 2.89 bits per heavy atom. The Morgan fingerprint density at radius 1 is 1.18 bits per heavy atom. The van der Waals surface area contributed by atoms with E-state index >= 15 is 0 Å². The first-order valence-electron chi connectivity index (χ1n) is 9.46. The van der Waals surface area contributed by atoms with Crippen molar-refractivity contribution in [1.29, 1.82) is 0 Å². The Kier molecular flexibility index (Phi) is 4.05. The molecule has 2 aliphatic heterocycles. The number of hydrogen-bond acceptors (Lipinski definition) is 6. The fraction of sp³-hybridized carbons (Fsp3) is 0.333. The average molecular weight is 377 g/mol. The van der Waals surface area contributed by atoms with Crippen LogP contribution in [-0.4, -0.2) is 43.5 Å². The van der Waals surface area contributed by atoms with Crippen molar-refractivity contribution < 1.29 is 9.50 Å². The Hall–Kier alpha value is -2.93. The highest BCUT2D eigenvalue weighted by molar-refractivity contribution is 5.89. The number of fused-ring (bicyclic) bond motifs is 3. The van der Waals surface area contributed by atoms with E-state index in [0.29, 0.717) is 35.1 Å². The maximum Gasteiger partial charge on any atom is 0.177 e. The molecule has 0 radical (unpaired) electrons. The summed E-state index contributed by atoms with van der Waals surface area (Å²) in [5, 5.41) is 23.9. The van der Waals surface area contributed by atoms with Gasteiger partial charge in [0, 0.05) is 41.3 Å². The van der Waals surface area contributed by atoms with Crippen LogP contribution >= 0.6 is 0 Å². The summed E-state index contributed by atoms with van der Waals surface area (Å²) in [6, 6.07) is 5.58. The van der Waals surface area contributed by atoms with Crippen LogP contribution < -0.4 is 5.32 Å². The molecule has 0 amide bonds. The first kappa shape index (κ1) is 17.2. The molecule has 2 bridgehead atoms. The van der Waals surface area contributed by atoms with Crippen LogP contribution in [0.3, 0.4) is 0 Å². The number of phenolic OH excluding ortho intramolecular Hbond substituents is 1. The monoisotopic (exact) mass is 377 g/mol. The summed E-state index contributed by atoms with van der Waals surface area (Å²) in [5.41, 5.74) is 1.59. The van der Waals surface area contributed by atoms with E-state index in [4.69, 9.17) is 0 Å². The molecule has 6 nitrogen and oxygen atoms in total. The third-order valence-electron chi connectivity index (χ3n) is 5.91. The second-order valence-corrected chi connectivity index (χ2v) is 7.62. The van der Waals surface area contributed by atoms with Gasteiger partial charge in [0.05, 0.1) is 6.20 Å². The van der Waals surface area contributed by atoms with Crippen molar-refractivity contribution in [2.24, 2.45) is 5.92 Å². The fourth-order valence-corrected chi connectivity index (χ4v) is 4.38. The molecule has 0 aliphatic carbocycles. The Bertz CT molecular complexity index is 1050. The van der Waals surface area contributed by atoms with Crippen LogP contribution in [0.15, 0.2) is 43.4 Å². The second kappa shape index (κ2) is 6.60. The maximum atomic E-state index is 14.8. The molecule has 2 aromatic heterocycles. The lowest BCUT2D eigenvalue weighted by atomic mass is 9.84. The highest BCUT2D eigenvalue weighted by atomic mass is 19.1. The fourth-order valence-electron chi connectivity index (χ4n) is 4.38. The van der Waals surface area contributed by atoms with Crippen molar-refractivity contribution in [2.45, 2.75) is 37.5 Å². The molecule has 5 rings (SSSR count).